The summed E-state index contributed by atoms with van der Waals surface area (Å²) in [5.41, 5.74) is 2.91. The number of anilines is 1. The largest absolute Gasteiger partial charge is 0.363 e. The maximum atomic E-state index is 4.61. The molecular formula is C16H22N4. The van der Waals surface area contributed by atoms with Crippen LogP contribution in [-0.4, -0.2) is 41.0 Å². The maximum Gasteiger partial charge on any atom is 0.145 e. The zero-order valence-corrected chi connectivity index (χ0v) is 12.4. The van der Waals surface area contributed by atoms with Crippen LogP contribution < -0.4 is 5.32 Å². The Bertz CT molecular complexity index is 539. The Morgan fingerprint density at radius 1 is 1.45 bits per heavy atom. The van der Waals surface area contributed by atoms with E-state index in [1.807, 2.05) is 32.1 Å². The monoisotopic (exact) mass is 270 g/mol. The average molecular weight is 270 g/mol. The van der Waals surface area contributed by atoms with E-state index in [0.29, 0.717) is 6.04 Å². The molecule has 1 fully saturated rings. The fourth-order valence-electron chi connectivity index (χ4n) is 2.24. The number of nitrogens with zero attached hydrogens (tertiary/aromatic N) is 3. The van der Waals surface area contributed by atoms with E-state index in [1.54, 1.807) is 12.4 Å². The summed E-state index contributed by atoms with van der Waals surface area (Å²) in [6.07, 6.45) is 9.53. The van der Waals surface area contributed by atoms with Crippen molar-refractivity contribution in [2.75, 3.05) is 25.5 Å². The minimum Gasteiger partial charge on any atom is -0.363 e. The normalized spacial score (nSPS) is 17.2. The molecule has 106 valence electrons. The van der Waals surface area contributed by atoms with Crippen molar-refractivity contribution in [3.8, 4) is 0 Å². The van der Waals surface area contributed by atoms with Gasteiger partial charge in [-0.2, -0.15) is 0 Å². The first-order valence-corrected chi connectivity index (χ1v) is 6.86. The van der Waals surface area contributed by atoms with E-state index in [0.717, 1.165) is 35.7 Å². The van der Waals surface area contributed by atoms with E-state index in [4.69, 9.17) is 0 Å². The smallest absolute Gasteiger partial charge is 0.145 e. The van der Waals surface area contributed by atoms with E-state index < -0.39 is 0 Å². The van der Waals surface area contributed by atoms with Crippen LogP contribution in [0.25, 0.3) is 5.57 Å². The molecule has 2 rings (SSSR count). The molecule has 0 spiro atoms. The van der Waals surface area contributed by atoms with Crippen LogP contribution in [0.5, 0.6) is 0 Å². The van der Waals surface area contributed by atoms with Crippen molar-refractivity contribution in [3.05, 3.63) is 48.5 Å². The lowest BCUT2D eigenvalue weighted by atomic mass is 10.1. The number of hydrogen-bond donors (Lipinski definition) is 1. The van der Waals surface area contributed by atoms with Gasteiger partial charge in [0.1, 0.15) is 5.82 Å². The van der Waals surface area contributed by atoms with Crippen molar-refractivity contribution in [1.29, 1.82) is 0 Å². The first-order chi connectivity index (χ1) is 9.58. The molecule has 0 aliphatic carbocycles. The fraction of sp³-hybridized carbons (Fsp3) is 0.375. The van der Waals surface area contributed by atoms with Gasteiger partial charge in [0.15, 0.2) is 0 Å². The topological polar surface area (TPSA) is 41.1 Å². The molecule has 0 aromatic carbocycles. The molecule has 1 aromatic rings. The van der Waals surface area contributed by atoms with Crippen molar-refractivity contribution in [2.45, 2.75) is 19.9 Å². The van der Waals surface area contributed by atoms with Gasteiger partial charge in [-0.25, -0.2) is 4.98 Å². The van der Waals surface area contributed by atoms with Gasteiger partial charge < -0.3 is 10.2 Å². The van der Waals surface area contributed by atoms with Crippen LogP contribution in [-0.2, 0) is 0 Å². The number of allylic oxidation sites excluding steroid dienone is 5. The van der Waals surface area contributed by atoms with Crippen molar-refractivity contribution < 1.29 is 0 Å². The maximum absolute atomic E-state index is 4.61. The van der Waals surface area contributed by atoms with Crippen LogP contribution in [0.2, 0.25) is 0 Å². The molecular weight excluding hydrogens is 248 g/mol. The lowest BCUT2D eigenvalue weighted by Crippen LogP contribution is -2.52. The first-order valence-electron chi connectivity index (χ1n) is 6.86. The van der Waals surface area contributed by atoms with Gasteiger partial charge in [-0.05, 0) is 32.0 Å². The van der Waals surface area contributed by atoms with Crippen molar-refractivity contribution in [2.24, 2.45) is 0 Å². The van der Waals surface area contributed by atoms with E-state index in [1.165, 1.54) is 0 Å². The van der Waals surface area contributed by atoms with E-state index in [-0.39, 0.29) is 0 Å². The van der Waals surface area contributed by atoms with Crippen molar-refractivity contribution in [1.82, 2.24) is 14.9 Å². The average Bonchev–Trinajstić information content (AvgIpc) is 2.37. The molecule has 2 heterocycles. The summed E-state index contributed by atoms with van der Waals surface area (Å²) >= 11 is 0. The Hall–Kier alpha value is -1.94. The van der Waals surface area contributed by atoms with Gasteiger partial charge >= 0.3 is 0 Å². The van der Waals surface area contributed by atoms with Gasteiger partial charge in [0.2, 0.25) is 0 Å². The minimum absolute atomic E-state index is 0.479. The summed E-state index contributed by atoms with van der Waals surface area (Å²) in [6.45, 7) is 10.1. The molecule has 0 radical (unpaired) electrons. The summed E-state index contributed by atoms with van der Waals surface area (Å²) in [5, 5.41) is 3.40. The van der Waals surface area contributed by atoms with Gasteiger partial charge in [-0.3, -0.25) is 4.98 Å². The molecule has 20 heavy (non-hydrogen) atoms. The van der Waals surface area contributed by atoms with Crippen LogP contribution in [0.4, 0.5) is 5.82 Å². The summed E-state index contributed by atoms with van der Waals surface area (Å²) in [4.78, 5) is 11.1. The van der Waals surface area contributed by atoms with E-state index >= 15 is 0 Å². The van der Waals surface area contributed by atoms with E-state index in [9.17, 15) is 0 Å². The van der Waals surface area contributed by atoms with Gasteiger partial charge in [-0.1, -0.05) is 24.8 Å². The number of likely N-dealkylation sites (tertiary alicyclic amines) is 1. The quantitative estimate of drug-likeness (QED) is 0.835. The predicted octanol–water partition coefficient (Wildman–Crippen LogP) is 2.74. The highest BCUT2D eigenvalue weighted by molar-refractivity contribution is 5.64. The Kier molecular flexibility index (Phi) is 4.69. The van der Waals surface area contributed by atoms with Gasteiger partial charge in [-0.15, -0.1) is 0 Å². The minimum atomic E-state index is 0.479. The van der Waals surface area contributed by atoms with Crippen molar-refractivity contribution >= 4 is 11.4 Å². The highest BCUT2D eigenvalue weighted by atomic mass is 15.2. The third-order valence-electron chi connectivity index (χ3n) is 3.24. The van der Waals surface area contributed by atoms with Crippen LogP contribution in [0.15, 0.2) is 42.8 Å². The summed E-state index contributed by atoms with van der Waals surface area (Å²) in [7, 11) is 2.11. The third kappa shape index (κ3) is 3.78. The standard InChI is InChI=1S/C16H22N4/c1-5-6-12(2)7-13(3)15-8-17-9-16(19-15)18-14-10-20(4)11-14/h5-9,14H,2,10-11H2,1,3-4H3,(H,18,19)/b6-5-,13-7+. The van der Waals surface area contributed by atoms with Crippen LogP contribution in [0.3, 0.4) is 0 Å². The van der Waals surface area contributed by atoms with Crippen molar-refractivity contribution in [3.63, 3.8) is 0 Å². The fourth-order valence-corrected chi connectivity index (χ4v) is 2.24. The second-order valence-corrected chi connectivity index (χ2v) is 5.25. The van der Waals surface area contributed by atoms with Gasteiger partial charge in [0, 0.05) is 13.1 Å². The highest BCUT2D eigenvalue weighted by Crippen LogP contribution is 2.16. The van der Waals surface area contributed by atoms with Crippen LogP contribution in [0.1, 0.15) is 19.5 Å². The number of aromatic nitrogens is 2. The van der Waals surface area contributed by atoms with Gasteiger partial charge in [0.05, 0.1) is 24.1 Å². The first kappa shape index (κ1) is 14.5. The molecule has 0 bridgehead atoms. The number of likely N-dealkylation sites (N-methyl/N-ethyl adjacent to an activating group) is 1. The molecule has 0 unspecified atom stereocenters. The molecule has 0 amide bonds. The lowest BCUT2D eigenvalue weighted by Gasteiger charge is -2.36. The number of nitrogens with one attached hydrogen (secondary N) is 1. The molecule has 4 nitrogen and oxygen atoms in total. The van der Waals surface area contributed by atoms with Crippen LogP contribution in [0, 0.1) is 0 Å². The summed E-state index contributed by atoms with van der Waals surface area (Å²) in [6, 6.07) is 0.479. The molecule has 1 aromatic heterocycles. The Morgan fingerprint density at radius 2 is 2.20 bits per heavy atom. The zero-order valence-electron chi connectivity index (χ0n) is 12.4. The van der Waals surface area contributed by atoms with Crippen LogP contribution >= 0.6 is 0 Å². The molecule has 1 saturated heterocycles. The molecule has 0 saturated carbocycles. The Morgan fingerprint density at radius 3 is 2.85 bits per heavy atom. The summed E-state index contributed by atoms with van der Waals surface area (Å²) in [5.74, 6) is 0.838. The lowest BCUT2D eigenvalue weighted by molar-refractivity contribution is 0.205. The molecule has 1 aliphatic heterocycles. The SMILES string of the molecule is C=C(/C=C\C)/C=C(\C)c1cncc(NC2CN(C)C2)n1. The molecule has 4 heteroatoms. The molecule has 0 atom stereocenters. The summed E-state index contributed by atoms with van der Waals surface area (Å²) < 4.78 is 0. The second-order valence-electron chi connectivity index (χ2n) is 5.25. The number of rotatable bonds is 5. The van der Waals surface area contributed by atoms with E-state index in [2.05, 4.69) is 33.8 Å². The Labute approximate surface area is 120 Å². The molecule has 1 N–H and O–H groups in total. The molecule has 1 aliphatic rings. The predicted molar refractivity (Wildman–Crippen MR) is 84.5 cm³/mol. The highest BCUT2D eigenvalue weighted by Gasteiger charge is 2.23. The zero-order chi connectivity index (χ0) is 14.5. The van der Waals surface area contributed by atoms with Gasteiger partial charge in [0.25, 0.3) is 0 Å². The number of hydrogen-bond acceptors (Lipinski definition) is 4. The third-order valence-corrected chi connectivity index (χ3v) is 3.24. The second kappa shape index (κ2) is 6.48. The Balaban J connectivity index is 2.07.